The number of nitrogens with zero attached hydrogens (tertiary/aromatic N) is 3. The number of hydrogen-bond donors (Lipinski definition) is 4. The lowest BCUT2D eigenvalue weighted by atomic mass is 9.58. The summed E-state index contributed by atoms with van der Waals surface area (Å²) in [5.74, 6) is 3.62. The van der Waals surface area contributed by atoms with Crippen LogP contribution in [0.3, 0.4) is 0 Å². The maximum atomic E-state index is 14.2. The average Bonchev–Trinajstić information content (AvgIpc) is 3.64. The van der Waals surface area contributed by atoms with Gasteiger partial charge in [0.2, 0.25) is 5.91 Å². The Labute approximate surface area is 347 Å². The second-order valence-electron chi connectivity index (χ2n) is 22.0. The highest BCUT2D eigenvalue weighted by Gasteiger charge is 2.57. The number of nitrogens with one attached hydrogen (secondary N) is 2. The van der Waals surface area contributed by atoms with Gasteiger partial charge in [-0.1, -0.05) is 64.2 Å². The zero-order valence-corrected chi connectivity index (χ0v) is 36.0. The largest absolute Gasteiger partial charge is 0.390 e. The maximum absolute atomic E-state index is 14.2. The molecule has 9 atom stereocenters. The number of fused-ring (bicyclic) bond motifs is 5. The molecule has 8 aliphatic carbocycles. The Morgan fingerprint density at radius 2 is 1.23 bits per heavy atom. The van der Waals surface area contributed by atoms with E-state index < -0.39 is 6.10 Å². The molecule has 9 fully saturated rings. The van der Waals surface area contributed by atoms with E-state index in [9.17, 15) is 9.90 Å². The van der Waals surface area contributed by atoms with Crippen molar-refractivity contribution in [1.29, 1.82) is 0 Å². The quantitative estimate of drug-likeness (QED) is 0.165. The van der Waals surface area contributed by atoms with Crippen molar-refractivity contribution in [2.45, 2.75) is 260 Å². The molecule has 57 heavy (non-hydrogen) atoms. The Kier molecular flexibility index (Phi) is 14.0. The molecule has 8 saturated carbocycles. The van der Waals surface area contributed by atoms with E-state index in [1.165, 1.54) is 154 Å². The van der Waals surface area contributed by atoms with Crippen LogP contribution >= 0.6 is 0 Å². The van der Waals surface area contributed by atoms with Gasteiger partial charge in [0.15, 0.2) is 0 Å². The number of carbonyl (C=O) groups excluding carboxylic acids is 1. The van der Waals surface area contributed by atoms with Crippen molar-refractivity contribution in [3.63, 3.8) is 0 Å². The van der Waals surface area contributed by atoms with Crippen molar-refractivity contribution in [2.24, 2.45) is 57.4 Å². The smallest absolute Gasteiger partial charge is 0.226 e. The van der Waals surface area contributed by atoms with Crippen LogP contribution in [-0.4, -0.2) is 76.4 Å². The summed E-state index contributed by atoms with van der Waals surface area (Å²) in [6.07, 6.45) is 39.7. The Bertz CT molecular complexity index is 1270. The van der Waals surface area contributed by atoms with E-state index in [0.717, 1.165) is 80.8 Å². The minimum absolute atomic E-state index is 0.0932. The van der Waals surface area contributed by atoms with Gasteiger partial charge < -0.3 is 21.5 Å². The molecule has 1 heterocycles. The Hall–Kier alpha value is -1.09. The number of rotatable bonds is 10. The van der Waals surface area contributed by atoms with E-state index in [0.29, 0.717) is 23.9 Å². The van der Waals surface area contributed by atoms with Gasteiger partial charge in [-0.25, -0.2) is 0 Å². The molecule has 0 aromatic heterocycles. The molecule has 0 aromatic carbocycles. The molecular formula is C49H84N6O2. The van der Waals surface area contributed by atoms with Crippen LogP contribution in [0.2, 0.25) is 0 Å². The first-order chi connectivity index (χ1) is 28.0. The normalized spacial score (nSPS) is 45.0. The van der Waals surface area contributed by atoms with E-state index in [4.69, 9.17) is 16.0 Å². The summed E-state index contributed by atoms with van der Waals surface area (Å²) in [7, 11) is 0. The van der Waals surface area contributed by atoms with Gasteiger partial charge >= 0.3 is 0 Å². The number of hydrogen-bond acceptors (Lipinski definition) is 7. The molecule has 5 N–H and O–H groups in total. The third kappa shape index (κ3) is 9.54. The first-order valence-corrected chi connectivity index (χ1v) is 25.7. The number of aliphatic hydroxyl groups excluding tert-OH is 1. The van der Waals surface area contributed by atoms with Gasteiger partial charge in [-0.15, -0.1) is 0 Å². The summed E-state index contributed by atoms with van der Waals surface area (Å²) in [6.45, 7) is 0. The first kappa shape index (κ1) is 41.3. The highest BCUT2D eigenvalue weighted by atomic mass is 16.3. The maximum Gasteiger partial charge on any atom is 0.226 e. The molecule has 8 heteroatoms. The fraction of sp³-hybridized carbons (Fsp3) is 0.980. The average molecular weight is 789 g/mol. The summed E-state index contributed by atoms with van der Waals surface area (Å²) in [6, 6.07) is 4.10. The van der Waals surface area contributed by atoms with Crippen LogP contribution in [0.1, 0.15) is 199 Å². The molecule has 0 spiro atoms. The van der Waals surface area contributed by atoms with Crippen LogP contribution in [0.25, 0.3) is 0 Å². The summed E-state index contributed by atoms with van der Waals surface area (Å²) in [4.78, 5) is 17.3. The molecule has 1 aliphatic heterocycles. The van der Waals surface area contributed by atoms with Crippen molar-refractivity contribution in [3.8, 4) is 0 Å². The summed E-state index contributed by atoms with van der Waals surface area (Å²) < 4.78 is 0. The second-order valence-corrected chi connectivity index (χ2v) is 22.0. The highest BCUT2D eigenvalue weighted by Crippen LogP contribution is 2.53. The SMILES string of the molecule is NC1CCC(N=NC2C(O)C(C(=O)NC3CCC(CCC4CCC(N(C5CCCCC5)C5CCCCC5)CC4)CC3)CC3CCC4C5CCCCC5NC4C32)CC1. The monoisotopic (exact) mass is 789 g/mol. The predicted octanol–water partition coefficient (Wildman–Crippen LogP) is 9.61. The van der Waals surface area contributed by atoms with Crippen molar-refractivity contribution < 1.29 is 9.90 Å². The number of azo groups is 1. The fourth-order valence-corrected chi connectivity index (χ4v) is 15.5. The number of amides is 1. The summed E-state index contributed by atoms with van der Waals surface area (Å²) in [5.41, 5.74) is 6.23. The molecule has 9 aliphatic rings. The topological polar surface area (TPSA) is 115 Å². The molecule has 0 bridgehead atoms. The lowest BCUT2D eigenvalue weighted by Crippen LogP contribution is -2.59. The third-order valence-corrected chi connectivity index (χ3v) is 18.6. The van der Waals surface area contributed by atoms with Crippen molar-refractivity contribution in [3.05, 3.63) is 0 Å². The fourth-order valence-electron chi connectivity index (χ4n) is 15.5. The van der Waals surface area contributed by atoms with Gasteiger partial charge in [-0.3, -0.25) is 9.69 Å². The number of carbonyl (C=O) groups is 1. The van der Waals surface area contributed by atoms with E-state index in [1.54, 1.807) is 0 Å². The number of nitrogens with two attached hydrogens (primary N) is 1. The molecule has 1 amide bonds. The van der Waals surface area contributed by atoms with Gasteiger partial charge in [-0.2, -0.15) is 10.2 Å². The first-order valence-electron chi connectivity index (χ1n) is 25.7. The van der Waals surface area contributed by atoms with E-state index in [-0.39, 0.29) is 41.9 Å². The lowest BCUT2D eigenvalue weighted by Gasteiger charge is -2.50. The predicted molar refractivity (Wildman–Crippen MR) is 230 cm³/mol. The van der Waals surface area contributed by atoms with Gasteiger partial charge in [-0.05, 0) is 164 Å². The Morgan fingerprint density at radius 3 is 1.89 bits per heavy atom. The highest BCUT2D eigenvalue weighted by molar-refractivity contribution is 5.80. The molecule has 1 saturated heterocycles. The second kappa shape index (κ2) is 19.3. The molecule has 9 unspecified atom stereocenters. The molecular weight excluding hydrogens is 705 g/mol. The third-order valence-electron chi connectivity index (χ3n) is 18.6. The number of aliphatic hydroxyl groups is 1. The van der Waals surface area contributed by atoms with Crippen LogP contribution in [0.4, 0.5) is 0 Å². The zero-order chi connectivity index (χ0) is 38.7. The lowest BCUT2D eigenvalue weighted by molar-refractivity contribution is -0.136. The molecule has 322 valence electrons. The minimum atomic E-state index is -0.757. The van der Waals surface area contributed by atoms with Gasteiger partial charge in [0.25, 0.3) is 0 Å². The van der Waals surface area contributed by atoms with E-state index in [1.807, 2.05) is 0 Å². The van der Waals surface area contributed by atoms with Crippen LogP contribution in [-0.2, 0) is 4.79 Å². The van der Waals surface area contributed by atoms with Crippen molar-refractivity contribution >= 4 is 5.91 Å². The van der Waals surface area contributed by atoms with Crippen LogP contribution in [0, 0.1) is 41.4 Å². The van der Waals surface area contributed by atoms with Crippen LogP contribution in [0.5, 0.6) is 0 Å². The van der Waals surface area contributed by atoms with Gasteiger partial charge in [0, 0.05) is 48.2 Å². The van der Waals surface area contributed by atoms with Crippen LogP contribution < -0.4 is 16.4 Å². The minimum Gasteiger partial charge on any atom is -0.390 e. The summed E-state index contributed by atoms with van der Waals surface area (Å²) >= 11 is 0. The van der Waals surface area contributed by atoms with E-state index >= 15 is 0 Å². The van der Waals surface area contributed by atoms with Crippen LogP contribution in [0.15, 0.2) is 10.2 Å². The summed E-state index contributed by atoms with van der Waals surface area (Å²) in [5, 5.41) is 29.9. The van der Waals surface area contributed by atoms with Gasteiger partial charge in [0.05, 0.1) is 18.1 Å². The Morgan fingerprint density at radius 1 is 0.632 bits per heavy atom. The van der Waals surface area contributed by atoms with E-state index in [2.05, 4.69) is 15.5 Å². The van der Waals surface area contributed by atoms with Gasteiger partial charge in [0.1, 0.15) is 6.04 Å². The van der Waals surface area contributed by atoms with Crippen molar-refractivity contribution in [1.82, 2.24) is 15.5 Å². The molecule has 9 rings (SSSR count). The standard InChI is InChI=1S/C49H84N6O2/c50-35-22-26-37(27-23-35)53-54-47-45-34(21-30-42-41-13-7-8-14-44(41)52-46(42)45)31-43(48(47)56)49(57)51-36-24-17-32(18-25-36)15-16-33-19-28-40(29-20-33)55(38-9-3-1-4-10-38)39-11-5-2-6-12-39/h32-48,52,56H,1-31,50H2,(H,51,57). The molecule has 8 nitrogen and oxygen atoms in total. The molecule has 0 aromatic rings. The van der Waals surface area contributed by atoms with Crippen molar-refractivity contribution in [2.75, 3.05) is 0 Å². The Balaban J connectivity index is 0.758. The zero-order valence-electron chi connectivity index (χ0n) is 36.0. The molecule has 0 radical (unpaired) electrons.